The second kappa shape index (κ2) is 5.61. The number of amides is 1. The smallest absolute Gasteiger partial charge is 0.326 e. The summed E-state index contributed by atoms with van der Waals surface area (Å²) >= 11 is 0. The monoisotopic (exact) mass is 323 g/mol. The summed E-state index contributed by atoms with van der Waals surface area (Å²) in [5.74, 6) is 0.828. The first-order valence-corrected chi connectivity index (χ1v) is 7.78. The Morgan fingerprint density at radius 2 is 2.21 bits per heavy atom. The van der Waals surface area contributed by atoms with E-state index in [2.05, 4.69) is 22.2 Å². The third-order valence-electron chi connectivity index (χ3n) is 4.22. The van der Waals surface area contributed by atoms with Crippen LogP contribution in [0, 0.1) is 0 Å². The molecule has 0 radical (unpaired) electrons. The zero-order chi connectivity index (χ0) is 16.7. The summed E-state index contributed by atoms with van der Waals surface area (Å²) in [4.78, 5) is 20.5. The number of hydrogen-bond acceptors (Lipinski definition) is 5. The largest absolute Gasteiger partial charge is 0.422 e. The Morgan fingerprint density at radius 1 is 1.38 bits per heavy atom. The van der Waals surface area contributed by atoms with E-state index < -0.39 is 6.03 Å². The fourth-order valence-electron chi connectivity index (χ4n) is 3.06. The molecule has 7 heteroatoms. The summed E-state index contributed by atoms with van der Waals surface area (Å²) in [7, 11) is 0. The van der Waals surface area contributed by atoms with Gasteiger partial charge in [-0.2, -0.15) is 0 Å². The van der Waals surface area contributed by atoms with Crippen molar-refractivity contribution >= 4 is 16.9 Å². The first kappa shape index (κ1) is 14.6. The van der Waals surface area contributed by atoms with Crippen LogP contribution in [0.15, 0.2) is 36.7 Å². The zero-order valence-electron chi connectivity index (χ0n) is 13.2. The molecule has 0 fully saturated rings. The maximum atomic E-state index is 11.9. The van der Waals surface area contributed by atoms with Gasteiger partial charge in [0.1, 0.15) is 6.33 Å². The Balaban J connectivity index is 1.81. The van der Waals surface area contributed by atoms with Crippen molar-refractivity contribution in [1.29, 1.82) is 0 Å². The number of ether oxygens (including phenoxy) is 1. The van der Waals surface area contributed by atoms with Gasteiger partial charge in [0, 0.05) is 29.6 Å². The summed E-state index contributed by atoms with van der Waals surface area (Å²) in [6, 6.07) is 9.00. The number of nitrogens with two attached hydrogens (primary N) is 1. The molecule has 7 nitrogen and oxygen atoms in total. The molecule has 1 amide bonds. The molecule has 3 heterocycles. The Bertz CT molecular complexity index is 934. The fraction of sp³-hybridized carbons (Fsp3) is 0.235. The van der Waals surface area contributed by atoms with Crippen LogP contribution in [0.2, 0.25) is 0 Å². The Morgan fingerprint density at radius 3 is 3.04 bits per heavy atom. The van der Waals surface area contributed by atoms with Crippen LogP contribution in [-0.4, -0.2) is 26.6 Å². The quantitative estimate of drug-likeness (QED) is 0.754. The van der Waals surface area contributed by atoms with Crippen LogP contribution >= 0.6 is 0 Å². The van der Waals surface area contributed by atoms with Crippen molar-refractivity contribution in [2.24, 2.45) is 5.73 Å². The highest BCUT2D eigenvalue weighted by molar-refractivity contribution is 5.93. The van der Waals surface area contributed by atoms with E-state index in [1.807, 2.05) is 24.3 Å². The molecule has 1 atom stereocenters. The van der Waals surface area contributed by atoms with Gasteiger partial charge in [-0.1, -0.05) is 18.2 Å². The third-order valence-corrected chi connectivity index (χ3v) is 4.22. The average Bonchev–Trinajstić information content (AvgIpc) is 2.93. The first-order valence-electron chi connectivity index (χ1n) is 7.78. The predicted molar refractivity (Wildman–Crippen MR) is 89.0 cm³/mol. The van der Waals surface area contributed by atoms with Crippen LogP contribution in [0.5, 0.6) is 11.8 Å². The number of benzene rings is 1. The highest BCUT2D eigenvalue weighted by atomic mass is 16.5. The molecule has 122 valence electrons. The van der Waals surface area contributed by atoms with Crippen molar-refractivity contribution in [1.82, 2.24) is 19.9 Å². The minimum atomic E-state index is -0.593. The van der Waals surface area contributed by atoms with Crippen molar-refractivity contribution in [3.8, 4) is 11.8 Å². The van der Waals surface area contributed by atoms with Crippen LogP contribution in [-0.2, 0) is 13.0 Å². The number of nitrogens with one attached hydrogen (secondary N) is 1. The molecule has 0 spiro atoms. The molecule has 0 saturated carbocycles. The second-order valence-electron chi connectivity index (χ2n) is 5.91. The van der Waals surface area contributed by atoms with Gasteiger partial charge in [-0.15, -0.1) is 0 Å². The molecule has 0 saturated heterocycles. The van der Waals surface area contributed by atoms with Crippen molar-refractivity contribution in [2.45, 2.75) is 25.9 Å². The number of fused-ring (bicyclic) bond motifs is 2. The fourth-order valence-corrected chi connectivity index (χ4v) is 3.06. The van der Waals surface area contributed by atoms with Gasteiger partial charge in [-0.25, -0.2) is 19.3 Å². The lowest BCUT2D eigenvalue weighted by molar-refractivity contribution is 0.248. The Labute approximate surface area is 138 Å². The third kappa shape index (κ3) is 2.39. The number of carbonyl (C=O) groups is 1. The van der Waals surface area contributed by atoms with Crippen LogP contribution in [0.4, 0.5) is 4.79 Å². The summed E-state index contributed by atoms with van der Waals surface area (Å²) in [6.45, 7) is 2.77. The van der Waals surface area contributed by atoms with Gasteiger partial charge in [-0.3, -0.25) is 0 Å². The van der Waals surface area contributed by atoms with Gasteiger partial charge in [0.05, 0.1) is 11.2 Å². The van der Waals surface area contributed by atoms with E-state index in [1.54, 1.807) is 6.07 Å². The lowest BCUT2D eigenvalue weighted by Gasteiger charge is -2.23. The van der Waals surface area contributed by atoms with Crippen molar-refractivity contribution in [3.05, 3.63) is 47.9 Å². The average molecular weight is 323 g/mol. The molecule has 0 aliphatic carbocycles. The predicted octanol–water partition coefficient (Wildman–Crippen LogP) is 2.18. The maximum Gasteiger partial charge on any atom is 0.326 e. The standard InChI is InChI=1S/C17H17N5O2/c1-10-6-12-13(8-19-10)20-9-21-16(12)24-15-7-11-4-2-3-5-14(11)22(15)17(18)23/h2-5,7,9-10,19H,6,8H2,1H3,(H2,18,23). The summed E-state index contributed by atoms with van der Waals surface area (Å²) in [5.41, 5.74) is 8.13. The number of aromatic nitrogens is 3. The number of hydrogen-bond donors (Lipinski definition) is 2. The molecular formula is C17H17N5O2. The molecule has 1 aliphatic rings. The normalized spacial score (nSPS) is 16.8. The molecule has 1 aliphatic heterocycles. The molecular weight excluding hydrogens is 306 g/mol. The summed E-state index contributed by atoms with van der Waals surface area (Å²) in [5, 5.41) is 4.23. The van der Waals surface area contributed by atoms with Gasteiger partial charge < -0.3 is 15.8 Å². The summed E-state index contributed by atoms with van der Waals surface area (Å²) in [6.07, 6.45) is 2.24. The molecule has 3 N–H and O–H groups in total. The van der Waals surface area contributed by atoms with Gasteiger partial charge in [-0.05, 0) is 19.4 Å². The van der Waals surface area contributed by atoms with Crippen molar-refractivity contribution < 1.29 is 9.53 Å². The molecule has 2 aromatic heterocycles. The van der Waals surface area contributed by atoms with Gasteiger partial charge in [0.2, 0.25) is 11.8 Å². The molecule has 24 heavy (non-hydrogen) atoms. The number of rotatable bonds is 2. The number of carbonyl (C=O) groups excluding carboxylic acids is 1. The van der Waals surface area contributed by atoms with Gasteiger partial charge >= 0.3 is 6.03 Å². The Kier molecular flexibility index (Phi) is 3.42. The van der Waals surface area contributed by atoms with Crippen LogP contribution < -0.4 is 15.8 Å². The highest BCUT2D eigenvalue weighted by Crippen LogP contribution is 2.31. The van der Waals surface area contributed by atoms with E-state index in [4.69, 9.17) is 10.5 Å². The minimum absolute atomic E-state index is 0.313. The van der Waals surface area contributed by atoms with E-state index in [0.29, 0.717) is 29.9 Å². The van der Waals surface area contributed by atoms with Gasteiger partial charge in [0.15, 0.2) is 0 Å². The molecule has 1 aromatic carbocycles. The van der Waals surface area contributed by atoms with Crippen molar-refractivity contribution in [3.63, 3.8) is 0 Å². The number of nitrogens with zero attached hydrogens (tertiary/aromatic N) is 3. The van der Waals surface area contributed by atoms with E-state index >= 15 is 0 Å². The first-order chi connectivity index (χ1) is 11.6. The van der Waals surface area contributed by atoms with Gasteiger partial charge in [0.25, 0.3) is 0 Å². The minimum Gasteiger partial charge on any atom is -0.422 e. The van der Waals surface area contributed by atoms with E-state index in [-0.39, 0.29) is 0 Å². The summed E-state index contributed by atoms with van der Waals surface area (Å²) < 4.78 is 7.34. The topological polar surface area (TPSA) is 95.1 Å². The molecule has 3 aromatic rings. The van der Waals surface area contributed by atoms with Crippen molar-refractivity contribution in [2.75, 3.05) is 0 Å². The van der Waals surface area contributed by atoms with Crippen LogP contribution in [0.1, 0.15) is 18.2 Å². The second-order valence-corrected chi connectivity index (χ2v) is 5.91. The zero-order valence-corrected chi connectivity index (χ0v) is 13.2. The molecule has 4 rings (SSSR count). The van der Waals surface area contributed by atoms with E-state index in [0.717, 1.165) is 23.1 Å². The van der Waals surface area contributed by atoms with Crippen LogP contribution in [0.25, 0.3) is 10.9 Å². The van der Waals surface area contributed by atoms with Crippen LogP contribution in [0.3, 0.4) is 0 Å². The maximum absolute atomic E-state index is 11.9. The van der Waals surface area contributed by atoms with E-state index in [9.17, 15) is 4.79 Å². The van der Waals surface area contributed by atoms with E-state index in [1.165, 1.54) is 10.9 Å². The lowest BCUT2D eigenvalue weighted by Crippen LogP contribution is -2.34. The highest BCUT2D eigenvalue weighted by Gasteiger charge is 2.22. The number of primary amides is 1. The SMILES string of the molecule is CC1Cc2c(ncnc2Oc2cc3ccccc3n2C(N)=O)CN1. The lowest BCUT2D eigenvalue weighted by atomic mass is 10.0. The Hall–Kier alpha value is -2.93. The molecule has 1 unspecified atom stereocenters. The molecule has 0 bridgehead atoms. The number of para-hydroxylation sites is 1.